The molecular weight excluding hydrogens is 514 g/mol. The van der Waals surface area contributed by atoms with Crippen molar-refractivity contribution in [1.29, 1.82) is 0 Å². The molecule has 4 aromatic rings. The van der Waals surface area contributed by atoms with Crippen LogP contribution in [0.2, 0.25) is 5.02 Å². The normalized spacial score (nSPS) is 16.9. The third-order valence-electron chi connectivity index (χ3n) is 7.20. The fourth-order valence-corrected chi connectivity index (χ4v) is 5.89. The molecule has 2 atom stereocenters. The van der Waals surface area contributed by atoms with Crippen LogP contribution in [0.4, 0.5) is 5.69 Å². The third-order valence-corrected chi connectivity index (χ3v) is 7.79. The molecule has 0 bridgehead atoms. The summed E-state index contributed by atoms with van der Waals surface area (Å²) in [5, 5.41) is 7.80. The molecule has 1 amide bonds. The van der Waals surface area contributed by atoms with Crippen molar-refractivity contribution in [2.45, 2.75) is 39.3 Å². The highest BCUT2D eigenvalue weighted by Gasteiger charge is 2.42. The lowest BCUT2D eigenvalue weighted by Crippen LogP contribution is -2.33. The van der Waals surface area contributed by atoms with E-state index in [2.05, 4.69) is 51.9 Å². The molecule has 0 radical (unpaired) electrons. The zero-order valence-corrected chi connectivity index (χ0v) is 23.2. The van der Waals surface area contributed by atoms with Crippen molar-refractivity contribution >= 4 is 40.5 Å². The Balaban J connectivity index is 1.52. The van der Waals surface area contributed by atoms with E-state index in [1.165, 1.54) is 11.1 Å². The second kappa shape index (κ2) is 11.0. The van der Waals surface area contributed by atoms with Gasteiger partial charge in [0.1, 0.15) is 0 Å². The minimum atomic E-state index is -0.159. The van der Waals surface area contributed by atoms with Gasteiger partial charge in [0.2, 0.25) is 5.91 Å². The molecule has 1 fully saturated rings. The Hall–Kier alpha value is -3.68. The summed E-state index contributed by atoms with van der Waals surface area (Å²) in [5.41, 5.74) is 7.30. The van der Waals surface area contributed by atoms with Crippen LogP contribution in [0.3, 0.4) is 0 Å². The van der Waals surface area contributed by atoms with Crippen molar-refractivity contribution in [2.24, 2.45) is 0 Å². The first kappa shape index (κ1) is 25.9. The predicted molar refractivity (Wildman–Crippen MR) is 157 cm³/mol. The molecule has 2 N–H and O–H groups in total. The number of pyridine rings is 1. The predicted octanol–water partition coefficient (Wildman–Crippen LogP) is 6.45. The number of thiocarbonyl (C=S) groups is 1. The molecule has 1 aliphatic rings. The number of hydrogen-bond donors (Lipinski definition) is 2. The lowest BCUT2D eigenvalue weighted by atomic mass is 9.93. The fourth-order valence-electron chi connectivity index (χ4n) is 5.37. The summed E-state index contributed by atoms with van der Waals surface area (Å²) in [6.45, 7) is 6.88. The van der Waals surface area contributed by atoms with E-state index in [4.69, 9.17) is 23.8 Å². The maximum absolute atomic E-state index is 12.8. The lowest BCUT2D eigenvalue weighted by molar-refractivity contribution is -0.116. The highest BCUT2D eigenvalue weighted by molar-refractivity contribution is 7.80. The maximum atomic E-state index is 12.8. The number of nitrogens with zero attached hydrogens (tertiary/aromatic N) is 3. The van der Waals surface area contributed by atoms with Crippen molar-refractivity contribution in [2.75, 3.05) is 11.9 Å². The quantitative estimate of drug-likeness (QED) is 0.262. The second-order valence-corrected chi connectivity index (χ2v) is 10.3. The third kappa shape index (κ3) is 5.04. The summed E-state index contributed by atoms with van der Waals surface area (Å²) in [5.74, 6) is -0.0554. The largest absolute Gasteiger partial charge is 0.352 e. The van der Waals surface area contributed by atoms with Gasteiger partial charge in [0.15, 0.2) is 5.11 Å². The van der Waals surface area contributed by atoms with Gasteiger partial charge in [-0.2, -0.15) is 0 Å². The monoisotopic (exact) mass is 543 g/mol. The minimum Gasteiger partial charge on any atom is -0.352 e. The zero-order chi connectivity index (χ0) is 26.8. The first-order valence-electron chi connectivity index (χ1n) is 12.6. The molecule has 0 unspecified atom stereocenters. The molecule has 194 valence electrons. The molecule has 0 saturated carbocycles. The van der Waals surface area contributed by atoms with Crippen molar-refractivity contribution in [3.8, 4) is 5.69 Å². The van der Waals surface area contributed by atoms with E-state index in [0.717, 1.165) is 28.5 Å². The van der Waals surface area contributed by atoms with Gasteiger partial charge in [0.25, 0.3) is 0 Å². The zero-order valence-electron chi connectivity index (χ0n) is 21.6. The van der Waals surface area contributed by atoms with Gasteiger partial charge in [-0.1, -0.05) is 41.9 Å². The Morgan fingerprint density at radius 1 is 1.03 bits per heavy atom. The number of nitrogens with one attached hydrogen (secondary N) is 2. The van der Waals surface area contributed by atoms with E-state index < -0.39 is 0 Å². The smallest absolute Gasteiger partial charge is 0.226 e. The average molecular weight is 544 g/mol. The molecule has 1 saturated heterocycles. The average Bonchev–Trinajstić information content (AvgIpc) is 3.35. The summed E-state index contributed by atoms with van der Waals surface area (Å²) in [7, 11) is 0. The van der Waals surface area contributed by atoms with Crippen LogP contribution in [-0.2, 0) is 4.79 Å². The minimum absolute atomic E-state index is 0.0554. The molecule has 5 rings (SSSR count). The summed E-state index contributed by atoms with van der Waals surface area (Å²) >= 11 is 12.2. The first-order valence-corrected chi connectivity index (χ1v) is 13.4. The van der Waals surface area contributed by atoms with Crippen LogP contribution in [0.15, 0.2) is 79.0 Å². The molecule has 1 aliphatic heterocycles. The van der Waals surface area contributed by atoms with Crippen LogP contribution >= 0.6 is 23.8 Å². The number of hydrogen-bond acceptors (Lipinski definition) is 3. The van der Waals surface area contributed by atoms with Crippen molar-refractivity contribution in [3.63, 3.8) is 0 Å². The van der Waals surface area contributed by atoms with Gasteiger partial charge in [-0.15, -0.1) is 0 Å². The van der Waals surface area contributed by atoms with Crippen LogP contribution < -0.4 is 10.6 Å². The van der Waals surface area contributed by atoms with Gasteiger partial charge in [-0.05, 0) is 81.0 Å². The van der Waals surface area contributed by atoms with E-state index in [9.17, 15) is 4.79 Å². The standard InChI is InChI=1S/C30H30ClN5OS/c1-19-20(2)36(24-13-9-10-22(31)18-24)21(3)27(19)29-28(25-14-7-8-16-32-25)34-30(38)35(29)17-15-26(37)33-23-11-5-4-6-12-23/h4-14,16,18,28-29H,15,17H2,1-3H3,(H,33,37)(H,34,38)/t28-,29-/m1/s1. The Morgan fingerprint density at radius 3 is 2.50 bits per heavy atom. The summed E-state index contributed by atoms with van der Waals surface area (Å²) in [6.07, 6.45) is 2.10. The Kier molecular flexibility index (Phi) is 7.49. The Bertz CT molecular complexity index is 1470. The number of aromatic nitrogens is 2. The number of carbonyl (C=O) groups is 1. The van der Waals surface area contributed by atoms with Crippen LogP contribution in [0, 0.1) is 20.8 Å². The highest BCUT2D eigenvalue weighted by Crippen LogP contribution is 2.43. The molecule has 38 heavy (non-hydrogen) atoms. The first-order chi connectivity index (χ1) is 18.3. The number of halogens is 1. The van der Waals surface area contributed by atoms with Crippen LogP contribution in [-0.4, -0.2) is 32.0 Å². The van der Waals surface area contributed by atoms with E-state index >= 15 is 0 Å². The van der Waals surface area contributed by atoms with Gasteiger partial charge in [0.05, 0.1) is 17.8 Å². The molecule has 3 heterocycles. The van der Waals surface area contributed by atoms with Crippen LogP contribution in [0.5, 0.6) is 0 Å². The number of carbonyl (C=O) groups excluding carboxylic acids is 1. The van der Waals surface area contributed by atoms with Gasteiger partial charge < -0.3 is 20.1 Å². The Labute approximate surface area is 233 Å². The van der Waals surface area contributed by atoms with Crippen molar-refractivity contribution in [1.82, 2.24) is 19.8 Å². The van der Waals surface area contributed by atoms with E-state index in [1.807, 2.05) is 66.7 Å². The SMILES string of the molecule is Cc1c([C@@H]2[C@@H](c3ccccn3)NC(=S)N2CCC(=O)Nc2ccccc2)c(C)n(-c2cccc(Cl)c2)c1C. The van der Waals surface area contributed by atoms with Gasteiger partial charge in [-0.25, -0.2) is 0 Å². The number of anilines is 1. The van der Waals surface area contributed by atoms with Crippen molar-refractivity contribution in [3.05, 3.63) is 112 Å². The number of rotatable bonds is 7. The highest BCUT2D eigenvalue weighted by atomic mass is 35.5. The molecular formula is C30H30ClN5OS. The fraction of sp³-hybridized carbons (Fsp3) is 0.233. The van der Waals surface area contributed by atoms with Gasteiger partial charge in [-0.3, -0.25) is 9.78 Å². The number of para-hydroxylation sites is 1. The number of benzene rings is 2. The van der Waals surface area contributed by atoms with Crippen LogP contribution in [0.25, 0.3) is 5.69 Å². The number of amides is 1. The Morgan fingerprint density at radius 2 is 1.79 bits per heavy atom. The lowest BCUT2D eigenvalue weighted by Gasteiger charge is -2.29. The van der Waals surface area contributed by atoms with E-state index in [-0.39, 0.29) is 18.0 Å². The molecule has 8 heteroatoms. The van der Waals surface area contributed by atoms with Gasteiger partial charge >= 0.3 is 0 Å². The molecule has 6 nitrogen and oxygen atoms in total. The molecule has 2 aromatic carbocycles. The summed E-state index contributed by atoms with van der Waals surface area (Å²) < 4.78 is 2.24. The van der Waals surface area contributed by atoms with Crippen molar-refractivity contribution < 1.29 is 4.79 Å². The maximum Gasteiger partial charge on any atom is 0.226 e. The van der Waals surface area contributed by atoms with E-state index in [0.29, 0.717) is 23.1 Å². The molecule has 0 aliphatic carbocycles. The molecule has 0 spiro atoms. The van der Waals surface area contributed by atoms with Crippen LogP contribution in [0.1, 0.15) is 46.7 Å². The topological polar surface area (TPSA) is 62.2 Å². The summed E-state index contributed by atoms with van der Waals surface area (Å²) in [6, 6.07) is 23.0. The van der Waals surface area contributed by atoms with Gasteiger partial charge in [0, 0.05) is 52.5 Å². The summed E-state index contributed by atoms with van der Waals surface area (Å²) in [4.78, 5) is 19.6. The van der Waals surface area contributed by atoms with E-state index in [1.54, 1.807) is 6.20 Å². The second-order valence-electron chi connectivity index (χ2n) is 9.51. The molecule has 2 aromatic heterocycles.